The number of alkyl halides is 4. The van der Waals surface area contributed by atoms with Crippen LogP contribution in [0.1, 0.15) is 0 Å². The maximum Gasteiger partial charge on any atom is 0.319 e. The van der Waals surface area contributed by atoms with Gasteiger partial charge in [-0.1, -0.05) is 23.2 Å². The molecule has 0 fully saturated rings. The molecule has 1 aromatic carbocycles. The average Bonchev–Trinajstić information content (AvgIpc) is 2.37. The van der Waals surface area contributed by atoms with Crippen molar-refractivity contribution >= 4 is 23.2 Å². The monoisotopic (exact) mass is 349 g/mol. The minimum absolute atomic E-state index is 0.229. The molecular weight excluding hydrogens is 337 g/mol. The first-order valence-electron chi connectivity index (χ1n) is 5.85. The van der Waals surface area contributed by atoms with E-state index >= 15 is 0 Å². The number of hydrogen-bond donors (Lipinski definition) is 2. The predicted molar refractivity (Wildman–Crippen MR) is 71.8 cm³/mol. The van der Waals surface area contributed by atoms with Crippen molar-refractivity contribution in [1.29, 1.82) is 0 Å². The molecule has 0 aliphatic carbocycles. The van der Waals surface area contributed by atoms with Gasteiger partial charge in [0.2, 0.25) is 0 Å². The van der Waals surface area contributed by atoms with Gasteiger partial charge in [0.05, 0.1) is 11.6 Å². The molecule has 2 N–H and O–H groups in total. The van der Waals surface area contributed by atoms with Gasteiger partial charge in [-0.2, -0.15) is 8.78 Å². The molecule has 0 radical (unpaired) electrons. The molecule has 120 valence electrons. The fraction of sp³-hybridized carbons (Fsp3) is 0.500. The Morgan fingerprint density at radius 3 is 2.52 bits per heavy atom. The number of nitrogens with one attached hydrogen (secondary N) is 1. The quantitative estimate of drug-likeness (QED) is 0.708. The number of rotatable bonds is 8. The van der Waals surface area contributed by atoms with Crippen molar-refractivity contribution < 1.29 is 27.4 Å². The van der Waals surface area contributed by atoms with Gasteiger partial charge >= 0.3 is 12.3 Å². The van der Waals surface area contributed by atoms with Gasteiger partial charge in [-0.3, -0.25) is 0 Å². The molecule has 1 unspecified atom stereocenters. The smallest absolute Gasteiger partial charge is 0.319 e. The second-order valence-electron chi connectivity index (χ2n) is 4.23. The molecular formula is C12H13Cl2F4NO2. The second kappa shape index (κ2) is 8.03. The van der Waals surface area contributed by atoms with E-state index in [0.717, 1.165) is 0 Å². The van der Waals surface area contributed by atoms with E-state index in [0.29, 0.717) is 5.02 Å². The van der Waals surface area contributed by atoms with Crippen molar-refractivity contribution in [2.24, 2.45) is 0 Å². The Morgan fingerprint density at radius 2 is 1.95 bits per heavy atom. The van der Waals surface area contributed by atoms with E-state index < -0.39 is 25.0 Å². The fourth-order valence-electron chi connectivity index (χ4n) is 1.32. The molecule has 0 saturated carbocycles. The Kier molecular flexibility index (Phi) is 6.99. The van der Waals surface area contributed by atoms with Crippen LogP contribution in [0.25, 0.3) is 0 Å². The zero-order valence-electron chi connectivity index (χ0n) is 10.6. The average molecular weight is 350 g/mol. The van der Waals surface area contributed by atoms with E-state index in [4.69, 9.17) is 27.9 Å². The van der Waals surface area contributed by atoms with E-state index in [-0.39, 0.29) is 23.9 Å². The zero-order chi connectivity index (χ0) is 16.0. The van der Waals surface area contributed by atoms with Crippen molar-refractivity contribution in [2.75, 3.05) is 19.7 Å². The molecule has 0 saturated heterocycles. The molecule has 0 bridgehead atoms. The third-order valence-electron chi connectivity index (χ3n) is 2.39. The van der Waals surface area contributed by atoms with Gasteiger partial charge in [0.15, 0.2) is 0 Å². The van der Waals surface area contributed by atoms with Crippen LogP contribution < -0.4 is 10.1 Å². The van der Waals surface area contributed by atoms with Crippen LogP contribution >= 0.6 is 23.2 Å². The first-order chi connectivity index (χ1) is 9.72. The summed E-state index contributed by atoms with van der Waals surface area (Å²) in [5.74, 6) is -3.88. The minimum atomic E-state index is -4.14. The topological polar surface area (TPSA) is 41.5 Å². The molecule has 0 amide bonds. The normalized spacial score (nSPS) is 13.5. The highest BCUT2D eigenvalue weighted by atomic mass is 35.5. The summed E-state index contributed by atoms with van der Waals surface area (Å²) in [6, 6.07) is 4.44. The third kappa shape index (κ3) is 6.25. The van der Waals surface area contributed by atoms with Crippen molar-refractivity contribution in [1.82, 2.24) is 5.32 Å². The van der Waals surface area contributed by atoms with Crippen LogP contribution in [0, 0.1) is 0 Å². The molecule has 0 heterocycles. The highest BCUT2D eigenvalue weighted by molar-refractivity contribution is 6.35. The summed E-state index contributed by atoms with van der Waals surface area (Å²) >= 11 is 11.5. The Labute approximate surface area is 128 Å². The number of benzene rings is 1. The van der Waals surface area contributed by atoms with Gasteiger partial charge < -0.3 is 15.2 Å². The van der Waals surface area contributed by atoms with Gasteiger partial charge in [-0.05, 0) is 18.2 Å². The van der Waals surface area contributed by atoms with Gasteiger partial charge in [0.1, 0.15) is 18.5 Å². The van der Waals surface area contributed by atoms with E-state index in [1.54, 1.807) is 0 Å². The third-order valence-corrected chi connectivity index (χ3v) is 2.92. The summed E-state index contributed by atoms with van der Waals surface area (Å²) in [5, 5.41) is 12.2. The van der Waals surface area contributed by atoms with Crippen molar-refractivity contribution in [3.05, 3.63) is 28.2 Å². The first kappa shape index (κ1) is 18.3. The van der Waals surface area contributed by atoms with Crippen LogP contribution in [0.5, 0.6) is 5.75 Å². The summed E-state index contributed by atoms with van der Waals surface area (Å²) in [4.78, 5) is 0. The molecule has 1 atom stereocenters. The summed E-state index contributed by atoms with van der Waals surface area (Å²) in [6.45, 7) is -1.80. The van der Waals surface area contributed by atoms with Gasteiger partial charge in [-0.25, -0.2) is 8.78 Å². The number of aliphatic hydroxyl groups excluding tert-OH is 1. The highest BCUT2D eigenvalue weighted by Crippen LogP contribution is 2.27. The van der Waals surface area contributed by atoms with Crippen LogP contribution in [0.2, 0.25) is 10.0 Å². The van der Waals surface area contributed by atoms with E-state index in [1.807, 2.05) is 0 Å². The lowest BCUT2D eigenvalue weighted by Crippen LogP contribution is -2.42. The molecule has 0 aromatic heterocycles. The largest absolute Gasteiger partial charge is 0.489 e. The lowest BCUT2D eigenvalue weighted by atomic mass is 10.3. The maximum absolute atomic E-state index is 12.6. The Bertz CT molecular complexity index is 463. The van der Waals surface area contributed by atoms with Crippen molar-refractivity contribution in [3.63, 3.8) is 0 Å². The SMILES string of the molecule is OC(CNCC(F)(F)C(F)F)COc1ccc(Cl)cc1Cl. The highest BCUT2D eigenvalue weighted by Gasteiger charge is 2.40. The number of hydrogen-bond acceptors (Lipinski definition) is 3. The van der Waals surface area contributed by atoms with Crippen LogP contribution in [-0.2, 0) is 0 Å². The van der Waals surface area contributed by atoms with E-state index in [1.165, 1.54) is 18.2 Å². The summed E-state index contributed by atoms with van der Waals surface area (Å²) in [7, 11) is 0. The van der Waals surface area contributed by atoms with Gasteiger partial charge in [0, 0.05) is 11.6 Å². The summed E-state index contributed by atoms with van der Waals surface area (Å²) < 4.78 is 54.1. The lowest BCUT2D eigenvalue weighted by molar-refractivity contribution is -0.125. The molecule has 0 aliphatic heterocycles. The molecule has 1 aromatic rings. The number of ether oxygens (including phenoxy) is 1. The number of aliphatic hydroxyl groups is 1. The second-order valence-corrected chi connectivity index (χ2v) is 5.08. The van der Waals surface area contributed by atoms with Crippen LogP contribution in [-0.4, -0.2) is 43.3 Å². The predicted octanol–water partition coefficient (Wildman–Crippen LogP) is 3.22. The van der Waals surface area contributed by atoms with Gasteiger partial charge in [0.25, 0.3) is 0 Å². The standard InChI is InChI=1S/C12H13Cl2F4NO2/c13-7-1-2-10(9(14)3-7)21-5-8(20)4-19-6-12(17,18)11(15)16/h1-3,8,11,19-20H,4-6H2. The lowest BCUT2D eigenvalue weighted by Gasteiger charge is -2.18. The van der Waals surface area contributed by atoms with Crippen LogP contribution in [0.3, 0.4) is 0 Å². The fourth-order valence-corrected chi connectivity index (χ4v) is 1.78. The Morgan fingerprint density at radius 1 is 1.29 bits per heavy atom. The zero-order valence-corrected chi connectivity index (χ0v) is 12.1. The van der Waals surface area contributed by atoms with Crippen LogP contribution in [0.4, 0.5) is 17.6 Å². The van der Waals surface area contributed by atoms with Crippen LogP contribution in [0.15, 0.2) is 18.2 Å². The summed E-state index contributed by atoms with van der Waals surface area (Å²) in [6.07, 6.45) is -4.92. The maximum atomic E-state index is 12.6. The number of halogens is 6. The molecule has 0 aliphatic rings. The molecule has 1 rings (SSSR count). The van der Waals surface area contributed by atoms with Crippen molar-refractivity contribution in [2.45, 2.75) is 18.5 Å². The Balaban J connectivity index is 2.33. The van der Waals surface area contributed by atoms with E-state index in [9.17, 15) is 22.7 Å². The molecule has 21 heavy (non-hydrogen) atoms. The molecule has 0 spiro atoms. The van der Waals surface area contributed by atoms with E-state index in [2.05, 4.69) is 5.32 Å². The first-order valence-corrected chi connectivity index (χ1v) is 6.60. The summed E-state index contributed by atoms with van der Waals surface area (Å²) in [5.41, 5.74) is 0. The molecule has 9 heteroatoms. The van der Waals surface area contributed by atoms with Gasteiger partial charge in [-0.15, -0.1) is 0 Å². The minimum Gasteiger partial charge on any atom is -0.489 e. The molecule has 3 nitrogen and oxygen atoms in total. The Hall–Kier alpha value is -0.760. The van der Waals surface area contributed by atoms with Crippen molar-refractivity contribution in [3.8, 4) is 5.75 Å².